The molecule has 0 N–H and O–H groups in total. The molecule has 0 aliphatic rings. The lowest BCUT2D eigenvalue weighted by molar-refractivity contribution is -0.142. The van der Waals surface area contributed by atoms with Gasteiger partial charge in [0.25, 0.3) is 0 Å². The first-order valence-corrected chi connectivity index (χ1v) is 9.27. The Morgan fingerprint density at radius 2 is 1.80 bits per heavy atom. The van der Waals surface area contributed by atoms with Crippen molar-refractivity contribution in [2.24, 2.45) is 11.8 Å². The van der Waals surface area contributed by atoms with Crippen LogP contribution in [0.3, 0.4) is 0 Å². The standard InChI is InChI=1S/C21H34O4/c1-6-20(25-14-16(2)3)19(15-24-12-11-21(22)23-5)13-18-9-7-17(4)8-10-18/h7-10,16,19-20H,6,11-15H2,1-5H3. The molecule has 1 aromatic rings. The lowest BCUT2D eigenvalue weighted by Crippen LogP contribution is -2.31. The summed E-state index contributed by atoms with van der Waals surface area (Å²) in [5.74, 6) is 0.539. The molecule has 2 unspecified atom stereocenters. The predicted octanol–water partition coefficient (Wildman–Crippen LogP) is 4.18. The summed E-state index contributed by atoms with van der Waals surface area (Å²) in [5, 5.41) is 0. The Balaban J connectivity index is 2.66. The maximum Gasteiger partial charge on any atom is 0.307 e. The SMILES string of the molecule is CCC(OCC(C)C)C(COCCC(=O)OC)Cc1ccc(C)cc1. The van der Waals surface area contributed by atoms with Gasteiger partial charge >= 0.3 is 5.97 Å². The zero-order chi connectivity index (χ0) is 18.7. The Bertz CT molecular complexity index is 481. The normalized spacial score (nSPS) is 13.7. The van der Waals surface area contributed by atoms with Gasteiger partial charge in [0, 0.05) is 12.5 Å². The first kappa shape index (κ1) is 21.7. The molecule has 0 saturated heterocycles. The summed E-state index contributed by atoms with van der Waals surface area (Å²) >= 11 is 0. The van der Waals surface area contributed by atoms with Crippen molar-refractivity contribution in [3.63, 3.8) is 0 Å². The van der Waals surface area contributed by atoms with Gasteiger partial charge in [0.05, 0.1) is 32.8 Å². The van der Waals surface area contributed by atoms with Crippen molar-refractivity contribution in [2.75, 3.05) is 26.9 Å². The van der Waals surface area contributed by atoms with E-state index in [-0.39, 0.29) is 24.4 Å². The average molecular weight is 350 g/mol. The van der Waals surface area contributed by atoms with Crippen molar-refractivity contribution in [2.45, 2.75) is 53.1 Å². The second-order valence-corrected chi connectivity index (χ2v) is 7.02. The van der Waals surface area contributed by atoms with E-state index in [0.717, 1.165) is 19.4 Å². The number of aryl methyl sites for hydroxylation is 1. The summed E-state index contributed by atoms with van der Waals surface area (Å²) < 4.78 is 16.6. The Morgan fingerprint density at radius 3 is 2.36 bits per heavy atom. The summed E-state index contributed by atoms with van der Waals surface area (Å²) in [4.78, 5) is 11.2. The molecule has 4 nitrogen and oxygen atoms in total. The molecule has 1 rings (SSSR count). The van der Waals surface area contributed by atoms with Gasteiger partial charge < -0.3 is 14.2 Å². The average Bonchev–Trinajstić information content (AvgIpc) is 2.60. The van der Waals surface area contributed by atoms with E-state index < -0.39 is 0 Å². The van der Waals surface area contributed by atoms with Crippen LogP contribution in [0, 0.1) is 18.8 Å². The maximum absolute atomic E-state index is 11.2. The van der Waals surface area contributed by atoms with Crippen LogP contribution in [0.4, 0.5) is 0 Å². The summed E-state index contributed by atoms with van der Waals surface area (Å²) in [7, 11) is 1.40. The summed E-state index contributed by atoms with van der Waals surface area (Å²) in [5.41, 5.74) is 2.55. The number of carbonyl (C=O) groups is 1. The Morgan fingerprint density at radius 1 is 1.12 bits per heavy atom. The van der Waals surface area contributed by atoms with Gasteiger partial charge in [-0.25, -0.2) is 0 Å². The Kier molecular flexibility index (Phi) is 10.4. The monoisotopic (exact) mass is 350 g/mol. The van der Waals surface area contributed by atoms with Crippen molar-refractivity contribution in [1.29, 1.82) is 0 Å². The first-order valence-electron chi connectivity index (χ1n) is 9.27. The third kappa shape index (κ3) is 9.03. The van der Waals surface area contributed by atoms with Crippen LogP contribution in [0.2, 0.25) is 0 Å². The third-order valence-corrected chi connectivity index (χ3v) is 4.20. The number of hydrogen-bond acceptors (Lipinski definition) is 4. The number of benzene rings is 1. The van der Waals surface area contributed by atoms with Gasteiger partial charge in [-0.1, -0.05) is 50.6 Å². The highest BCUT2D eigenvalue weighted by Gasteiger charge is 2.22. The van der Waals surface area contributed by atoms with Crippen LogP contribution < -0.4 is 0 Å². The quantitative estimate of drug-likeness (QED) is 0.419. The molecule has 0 fully saturated rings. The van der Waals surface area contributed by atoms with Crippen LogP contribution in [-0.4, -0.2) is 39.0 Å². The number of hydrogen-bond donors (Lipinski definition) is 0. The van der Waals surface area contributed by atoms with Crippen molar-refractivity contribution >= 4 is 5.97 Å². The highest BCUT2D eigenvalue weighted by Crippen LogP contribution is 2.20. The van der Waals surface area contributed by atoms with E-state index in [1.54, 1.807) is 0 Å². The lowest BCUT2D eigenvalue weighted by Gasteiger charge is -2.27. The molecular formula is C21H34O4. The number of rotatable bonds is 12. The molecule has 2 atom stereocenters. The van der Waals surface area contributed by atoms with Gasteiger partial charge in [-0.2, -0.15) is 0 Å². The van der Waals surface area contributed by atoms with Crippen LogP contribution >= 0.6 is 0 Å². The van der Waals surface area contributed by atoms with Gasteiger partial charge in [-0.05, 0) is 31.2 Å². The summed E-state index contributed by atoms with van der Waals surface area (Å²) in [6.45, 7) is 10.3. The minimum absolute atomic E-state index is 0.154. The predicted molar refractivity (Wildman–Crippen MR) is 101 cm³/mol. The van der Waals surface area contributed by atoms with Crippen LogP contribution in [0.1, 0.15) is 44.7 Å². The maximum atomic E-state index is 11.2. The molecule has 0 amide bonds. The zero-order valence-electron chi connectivity index (χ0n) is 16.4. The van der Waals surface area contributed by atoms with Gasteiger partial charge in [-0.3, -0.25) is 4.79 Å². The second-order valence-electron chi connectivity index (χ2n) is 7.02. The van der Waals surface area contributed by atoms with Crippen molar-refractivity contribution in [3.05, 3.63) is 35.4 Å². The van der Waals surface area contributed by atoms with E-state index in [0.29, 0.717) is 19.1 Å². The molecule has 0 aliphatic carbocycles. The molecule has 0 spiro atoms. The highest BCUT2D eigenvalue weighted by atomic mass is 16.5. The third-order valence-electron chi connectivity index (χ3n) is 4.20. The lowest BCUT2D eigenvalue weighted by atomic mass is 9.92. The minimum atomic E-state index is -0.238. The summed E-state index contributed by atoms with van der Waals surface area (Å²) in [6, 6.07) is 8.62. The number of methoxy groups -OCH3 is 1. The van der Waals surface area contributed by atoms with Gasteiger partial charge in [0.1, 0.15) is 0 Å². The molecular weight excluding hydrogens is 316 g/mol. The molecule has 142 valence electrons. The van der Waals surface area contributed by atoms with E-state index in [9.17, 15) is 4.79 Å². The molecule has 0 aromatic heterocycles. The van der Waals surface area contributed by atoms with Crippen molar-refractivity contribution < 1.29 is 19.0 Å². The number of ether oxygens (including phenoxy) is 3. The van der Waals surface area contributed by atoms with Crippen molar-refractivity contribution in [3.8, 4) is 0 Å². The smallest absolute Gasteiger partial charge is 0.307 e. The minimum Gasteiger partial charge on any atom is -0.469 e. The van der Waals surface area contributed by atoms with Gasteiger partial charge in [0.2, 0.25) is 0 Å². The zero-order valence-corrected chi connectivity index (χ0v) is 16.4. The molecule has 0 saturated carbocycles. The molecule has 0 heterocycles. The van der Waals surface area contributed by atoms with Crippen LogP contribution in [-0.2, 0) is 25.4 Å². The molecule has 0 radical (unpaired) electrons. The van der Waals surface area contributed by atoms with Crippen LogP contribution in [0.15, 0.2) is 24.3 Å². The largest absolute Gasteiger partial charge is 0.469 e. The first-order chi connectivity index (χ1) is 12.0. The molecule has 0 bridgehead atoms. The van der Waals surface area contributed by atoms with Crippen LogP contribution in [0.25, 0.3) is 0 Å². The fourth-order valence-electron chi connectivity index (χ4n) is 2.72. The number of esters is 1. The molecule has 4 heteroatoms. The van der Waals surface area contributed by atoms with E-state index in [1.807, 2.05) is 0 Å². The van der Waals surface area contributed by atoms with Crippen LogP contribution in [0.5, 0.6) is 0 Å². The van der Waals surface area contributed by atoms with E-state index in [1.165, 1.54) is 18.2 Å². The fraction of sp³-hybridized carbons (Fsp3) is 0.667. The van der Waals surface area contributed by atoms with E-state index >= 15 is 0 Å². The second kappa shape index (κ2) is 12.0. The Hall–Kier alpha value is -1.39. The van der Waals surface area contributed by atoms with Gasteiger partial charge in [-0.15, -0.1) is 0 Å². The summed E-state index contributed by atoms with van der Waals surface area (Å²) in [6.07, 6.45) is 2.30. The Labute approximate surface area is 152 Å². The molecule has 1 aromatic carbocycles. The number of carbonyl (C=O) groups excluding carboxylic acids is 1. The topological polar surface area (TPSA) is 44.8 Å². The fourth-order valence-corrected chi connectivity index (χ4v) is 2.72. The van der Waals surface area contributed by atoms with Gasteiger partial charge in [0.15, 0.2) is 0 Å². The van der Waals surface area contributed by atoms with E-state index in [4.69, 9.17) is 9.47 Å². The highest BCUT2D eigenvalue weighted by molar-refractivity contribution is 5.69. The van der Waals surface area contributed by atoms with Crippen molar-refractivity contribution in [1.82, 2.24) is 0 Å². The molecule has 0 aliphatic heterocycles. The van der Waals surface area contributed by atoms with E-state index in [2.05, 4.69) is 56.7 Å². The molecule has 25 heavy (non-hydrogen) atoms.